The molecule has 0 spiro atoms. The topological polar surface area (TPSA) is 58.6 Å². The van der Waals surface area contributed by atoms with E-state index in [0.717, 1.165) is 5.56 Å². The Labute approximate surface area is 167 Å². The zero-order valence-corrected chi connectivity index (χ0v) is 16.4. The van der Waals surface area contributed by atoms with Gasteiger partial charge in [0.25, 0.3) is 11.8 Å². The van der Waals surface area contributed by atoms with E-state index < -0.39 is 11.8 Å². The second-order valence-corrected chi connectivity index (χ2v) is 6.66. The Kier molecular flexibility index (Phi) is 5.58. The van der Waals surface area contributed by atoms with Crippen molar-refractivity contribution < 1.29 is 14.3 Å². The number of hydrogen-bond acceptors (Lipinski definition) is 4. The van der Waals surface area contributed by atoms with Gasteiger partial charge >= 0.3 is 0 Å². The minimum Gasteiger partial charge on any atom is -0.492 e. The Bertz CT molecular complexity index is 971. The van der Waals surface area contributed by atoms with Crippen LogP contribution in [-0.4, -0.2) is 23.5 Å². The lowest BCUT2D eigenvalue weighted by molar-refractivity contribution is -0.122. The minimum atomic E-state index is -0.542. The van der Waals surface area contributed by atoms with Gasteiger partial charge in [0.1, 0.15) is 11.3 Å². The van der Waals surface area contributed by atoms with Crippen molar-refractivity contribution in [3.05, 3.63) is 64.2 Å². The molecule has 0 bridgehead atoms. The van der Waals surface area contributed by atoms with Crippen molar-refractivity contribution in [3.8, 4) is 5.75 Å². The quantitative estimate of drug-likeness (QED) is 0.480. The van der Waals surface area contributed by atoms with E-state index in [1.807, 2.05) is 32.0 Å². The summed E-state index contributed by atoms with van der Waals surface area (Å²) in [7, 11) is 0. The van der Waals surface area contributed by atoms with Gasteiger partial charge in [-0.15, -0.1) is 0 Å². The van der Waals surface area contributed by atoms with Crippen molar-refractivity contribution in [1.29, 1.82) is 0 Å². The van der Waals surface area contributed by atoms with Gasteiger partial charge in [-0.05, 0) is 61.5 Å². The highest BCUT2D eigenvalue weighted by Crippen LogP contribution is 2.28. The van der Waals surface area contributed by atoms with E-state index in [4.69, 9.17) is 28.6 Å². The predicted molar refractivity (Wildman–Crippen MR) is 110 cm³/mol. The fourth-order valence-electron chi connectivity index (χ4n) is 2.74. The maximum Gasteiger partial charge on any atom is 0.270 e. The number of carbonyl (C=O) groups is 2. The van der Waals surface area contributed by atoms with Gasteiger partial charge in [-0.2, -0.15) is 0 Å². The first-order valence-corrected chi connectivity index (χ1v) is 9.10. The first-order chi connectivity index (χ1) is 12.9. The summed E-state index contributed by atoms with van der Waals surface area (Å²) in [6, 6.07) is 12.4. The van der Waals surface area contributed by atoms with Gasteiger partial charge in [0.2, 0.25) is 0 Å². The summed E-state index contributed by atoms with van der Waals surface area (Å²) in [6.45, 7) is 4.22. The van der Waals surface area contributed by atoms with Crippen LogP contribution in [0.1, 0.15) is 18.1 Å². The number of thiocarbonyl (C=S) groups is 1. The van der Waals surface area contributed by atoms with Crippen LogP contribution in [0, 0.1) is 6.92 Å². The summed E-state index contributed by atoms with van der Waals surface area (Å²) in [5.41, 5.74) is 2.09. The Hall–Kier alpha value is -2.70. The first-order valence-electron chi connectivity index (χ1n) is 8.31. The average Bonchev–Trinajstić information content (AvgIpc) is 2.62. The Morgan fingerprint density at radius 1 is 1.22 bits per heavy atom. The van der Waals surface area contributed by atoms with Crippen LogP contribution >= 0.6 is 23.8 Å². The van der Waals surface area contributed by atoms with Gasteiger partial charge in [-0.3, -0.25) is 19.8 Å². The number of nitrogens with one attached hydrogen (secondary N) is 1. The molecule has 0 unspecified atom stereocenters. The summed E-state index contributed by atoms with van der Waals surface area (Å²) < 4.78 is 5.40. The normalized spacial score (nSPS) is 15.9. The molecule has 1 fully saturated rings. The van der Waals surface area contributed by atoms with Crippen molar-refractivity contribution in [2.24, 2.45) is 0 Å². The third-order valence-electron chi connectivity index (χ3n) is 4.02. The van der Waals surface area contributed by atoms with Gasteiger partial charge < -0.3 is 4.74 Å². The molecule has 0 atom stereocenters. The van der Waals surface area contributed by atoms with Crippen LogP contribution in [0.4, 0.5) is 5.69 Å². The molecule has 1 heterocycles. The number of carbonyl (C=O) groups excluding carboxylic acids is 2. The van der Waals surface area contributed by atoms with E-state index in [0.29, 0.717) is 28.6 Å². The lowest BCUT2D eigenvalue weighted by Gasteiger charge is -2.30. The number of amides is 2. The number of rotatable bonds is 4. The number of para-hydroxylation sites is 1. The van der Waals surface area contributed by atoms with Gasteiger partial charge in [0, 0.05) is 0 Å². The van der Waals surface area contributed by atoms with Crippen LogP contribution in [0.25, 0.3) is 6.08 Å². The van der Waals surface area contributed by atoms with Crippen LogP contribution in [0.3, 0.4) is 0 Å². The largest absolute Gasteiger partial charge is 0.492 e. The number of anilines is 1. The molecule has 1 N–H and O–H groups in total. The van der Waals surface area contributed by atoms with Crippen molar-refractivity contribution in [3.63, 3.8) is 0 Å². The third kappa shape index (κ3) is 3.86. The number of aryl methyl sites for hydroxylation is 1. The van der Waals surface area contributed by atoms with E-state index in [1.165, 1.54) is 11.0 Å². The molecule has 1 aliphatic rings. The summed E-state index contributed by atoms with van der Waals surface area (Å²) in [4.78, 5) is 26.7. The fraction of sp³-hybridized carbons (Fsp3) is 0.150. The van der Waals surface area contributed by atoms with E-state index >= 15 is 0 Å². The average molecular weight is 401 g/mol. The molecule has 5 nitrogen and oxygen atoms in total. The van der Waals surface area contributed by atoms with Gasteiger partial charge in [-0.1, -0.05) is 35.9 Å². The van der Waals surface area contributed by atoms with E-state index in [2.05, 4.69) is 5.32 Å². The van der Waals surface area contributed by atoms with Gasteiger partial charge in [0.05, 0.1) is 17.3 Å². The van der Waals surface area contributed by atoms with Crippen molar-refractivity contribution >= 4 is 52.5 Å². The molecule has 1 aliphatic heterocycles. The molecule has 0 saturated carbocycles. The lowest BCUT2D eigenvalue weighted by Crippen LogP contribution is -2.54. The molecule has 0 radical (unpaired) electrons. The summed E-state index contributed by atoms with van der Waals surface area (Å²) in [6.07, 6.45) is 1.49. The van der Waals surface area contributed by atoms with Crippen molar-refractivity contribution in [1.82, 2.24) is 5.32 Å². The second-order valence-electron chi connectivity index (χ2n) is 5.87. The SMILES string of the molecule is CCOc1ccc(C=C2C(=O)NC(=S)N(c3ccccc3C)C2=O)cc1Cl. The van der Waals surface area contributed by atoms with Gasteiger partial charge in [0.15, 0.2) is 5.11 Å². The Balaban J connectivity index is 2.00. The van der Waals surface area contributed by atoms with Crippen LogP contribution in [0.2, 0.25) is 5.02 Å². The molecule has 27 heavy (non-hydrogen) atoms. The summed E-state index contributed by atoms with van der Waals surface area (Å²) in [5.74, 6) is -0.480. The third-order valence-corrected chi connectivity index (χ3v) is 4.60. The molecule has 7 heteroatoms. The summed E-state index contributed by atoms with van der Waals surface area (Å²) >= 11 is 11.4. The van der Waals surface area contributed by atoms with E-state index in [1.54, 1.807) is 24.3 Å². The molecule has 138 valence electrons. The first kappa shape index (κ1) is 19.1. The molecular weight excluding hydrogens is 384 g/mol. The number of halogens is 1. The van der Waals surface area contributed by atoms with Gasteiger partial charge in [-0.25, -0.2) is 0 Å². The number of ether oxygens (including phenoxy) is 1. The molecule has 0 aromatic heterocycles. The summed E-state index contributed by atoms with van der Waals surface area (Å²) in [5, 5.41) is 3.03. The second kappa shape index (κ2) is 7.90. The maximum atomic E-state index is 13.0. The van der Waals surface area contributed by atoms with Crippen LogP contribution in [0.15, 0.2) is 48.0 Å². The fourth-order valence-corrected chi connectivity index (χ4v) is 3.25. The highest BCUT2D eigenvalue weighted by Gasteiger charge is 2.35. The number of hydrogen-bond donors (Lipinski definition) is 1. The molecule has 2 aromatic carbocycles. The molecule has 2 aromatic rings. The smallest absolute Gasteiger partial charge is 0.270 e. The Morgan fingerprint density at radius 3 is 2.63 bits per heavy atom. The predicted octanol–water partition coefficient (Wildman–Crippen LogP) is 3.88. The highest BCUT2D eigenvalue weighted by atomic mass is 35.5. The van der Waals surface area contributed by atoms with Crippen LogP contribution in [-0.2, 0) is 9.59 Å². The molecule has 2 amide bonds. The molecule has 0 aliphatic carbocycles. The van der Waals surface area contributed by atoms with E-state index in [-0.39, 0.29) is 10.7 Å². The molecule has 3 rings (SSSR count). The zero-order valence-electron chi connectivity index (χ0n) is 14.8. The zero-order chi connectivity index (χ0) is 19.6. The molecule has 1 saturated heterocycles. The van der Waals surface area contributed by atoms with Crippen LogP contribution < -0.4 is 15.0 Å². The van der Waals surface area contributed by atoms with Crippen molar-refractivity contribution in [2.75, 3.05) is 11.5 Å². The number of benzene rings is 2. The monoisotopic (exact) mass is 400 g/mol. The highest BCUT2D eigenvalue weighted by molar-refractivity contribution is 7.80. The Morgan fingerprint density at radius 2 is 1.96 bits per heavy atom. The van der Waals surface area contributed by atoms with E-state index in [9.17, 15) is 9.59 Å². The maximum absolute atomic E-state index is 13.0. The molecular formula is C20H17ClN2O3S. The van der Waals surface area contributed by atoms with Crippen LogP contribution in [0.5, 0.6) is 5.75 Å². The minimum absolute atomic E-state index is 0.0212. The standard InChI is InChI=1S/C20H17ClN2O3S/c1-3-26-17-9-8-13(11-15(17)21)10-14-18(24)22-20(27)23(19(14)25)16-7-5-4-6-12(16)2/h4-11H,3H2,1-2H3,(H,22,24,27). The number of nitrogens with zero attached hydrogens (tertiary/aromatic N) is 1. The van der Waals surface area contributed by atoms with Crippen molar-refractivity contribution in [2.45, 2.75) is 13.8 Å². The lowest BCUT2D eigenvalue weighted by atomic mass is 10.1.